The monoisotopic (exact) mass is 433 g/mol. The molecule has 30 heavy (non-hydrogen) atoms. The molecule has 1 fully saturated rings. The fraction of sp³-hybridized carbons (Fsp3) is 0.545. The topological polar surface area (TPSA) is 47.8 Å². The molecule has 0 aliphatic carbocycles. The van der Waals surface area contributed by atoms with Gasteiger partial charge >= 0.3 is 0 Å². The predicted octanol–water partition coefficient (Wildman–Crippen LogP) is 3.73. The van der Waals surface area contributed by atoms with Crippen molar-refractivity contribution in [2.24, 2.45) is 0 Å². The van der Waals surface area contributed by atoms with Gasteiger partial charge in [0.2, 0.25) is 5.88 Å². The molecule has 0 saturated carbocycles. The fourth-order valence-electron chi connectivity index (χ4n) is 3.61. The third kappa shape index (κ3) is 5.10. The van der Waals surface area contributed by atoms with Gasteiger partial charge in [0.1, 0.15) is 11.5 Å². The summed E-state index contributed by atoms with van der Waals surface area (Å²) in [5.41, 5.74) is 2.58. The molecule has 2 aromatic rings. The highest BCUT2D eigenvalue weighted by Crippen LogP contribution is 2.33. The summed E-state index contributed by atoms with van der Waals surface area (Å²) in [6, 6.07) is 6.67. The molecule has 1 aliphatic rings. The van der Waals surface area contributed by atoms with Gasteiger partial charge in [-0.2, -0.15) is 0 Å². The van der Waals surface area contributed by atoms with Crippen LogP contribution in [-0.4, -0.2) is 65.9 Å². The van der Waals surface area contributed by atoms with Crippen LogP contribution in [0.1, 0.15) is 32.8 Å². The number of rotatable bonds is 7. The first-order chi connectivity index (χ1) is 14.4. The Hall–Kier alpha value is -2.19. The van der Waals surface area contributed by atoms with E-state index in [-0.39, 0.29) is 11.9 Å². The van der Waals surface area contributed by atoms with Crippen LogP contribution < -0.4 is 10.2 Å². The Morgan fingerprint density at radius 1 is 1.23 bits per heavy atom. The Labute approximate surface area is 184 Å². The zero-order valence-corrected chi connectivity index (χ0v) is 19.1. The van der Waals surface area contributed by atoms with Crippen molar-refractivity contribution in [3.8, 4) is 11.3 Å². The minimum Gasteiger partial charge on any atom is -0.363 e. The molecule has 6 nitrogen and oxygen atoms in total. The number of aromatic nitrogens is 1. The van der Waals surface area contributed by atoms with Gasteiger partial charge in [-0.1, -0.05) is 12.1 Å². The van der Waals surface area contributed by atoms with Crippen LogP contribution in [0.4, 0.5) is 10.3 Å². The molecule has 0 radical (unpaired) electrons. The van der Waals surface area contributed by atoms with E-state index in [4.69, 9.17) is 16.7 Å². The summed E-state index contributed by atoms with van der Waals surface area (Å²) in [7, 11) is 2.13. The van der Waals surface area contributed by atoms with Crippen molar-refractivity contribution in [3.63, 3.8) is 0 Å². The highest BCUT2D eigenvalue weighted by Gasteiger charge is 2.28. The van der Waals surface area contributed by atoms with Gasteiger partial charge in [-0.25, -0.2) is 4.39 Å². The van der Waals surface area contributed by atoms with Gasteiger partial charge in [0, 0.05) is 44.3 Å². The van der Waals surface area contributed by atoms with E-state index in [9.17, 15) is 4.39 Å². The third-order valence-corrected chi connectivity index (χ3v) is 6.09. The van der Waals surface area contributed by atoms with Crippen molar-refractivity contribution in [1.29, 1.82) is 0 Å². The molecule has 0 spiro atoms. The molecule has 1 unspecified atom stereocenters. The Bertz CT molecular complexity index is 833. The van der Waals surface area contributed by atoms with Crippen LogP contribution in [0.25, 0.3) is 11.3 Å². The minimum absolute atomic E-state index is 0.257. The number of benzene rings is 1. The number of hydrogen-bond acceptors (Lipinski definition) is 5. The number of thiocarbonyl (C=S) groups is 1. The first-order valence-electron chi connectivity index (χ1n) is 10.7. The van der Waals surface area contributed by atoms with Gasteiger partial charge in [-0.05, 0) is 63.8 Å². The quantitative estimate of drug-likeness (QED) is 0.668. The third-order valence-electron chi connectivity index (χ3n) is 5.72. The standard InChI is InChI=1S/C22H32FN5OS/c1-5-16(3)28(22(30)24-6-2)15-19-20(17-7-9-18(23)10-8-17)25-29-21(19)27-13-11-26(4)12-14-27/h7-10,16H,5-6,11-15H2,1-4H3,(H,24,30). The van der Waals surface area contributed by atoms with Gasteiger partial charge in [-0.3, -0.25) is 0 Å². The SMILES string of the molecule is CCNC(=S)N(Cc1c(-c2ccc(F)cc2)noc1N1CCN(C)CC1)C(C)CC. The highest BCUT2D eigenvalue weighted by atomic mass is 32.1. The molecule has 1 aliphatic heterocycles. The Morgan fingerprint density at radius 2 is 1.90 bits per heavy atom. The van der Waals surface area contributed by atoms with Crippen LogP contribution >= 0.6 is 12.2 Å². The second kappa shape index (κ2) is 10.2. The van der Waals surface area contributed by atoms with Crippen LogP contribution in [0, 0.1) is 5.82 Å². The summed E-state index contributed by atoms with van der Waals surface area (Å²) in [6.07, 6.45) is 0.965. The van der Waals surface area contributed by atoms with E-state index >= 15 is 0 Å². The summed E-state index contributed by atoms with van der Waals surface area (Å²) in [4.78, 5) is 6.75. The van der Waals surface area contributed by atoms with E-state index in [1.54, 1.807) is 12.1 Å². The maximum absolute atomic E-state index is 13.5. The highest BCUT2D eigenvalue weighted by molar-refractivity contribution is 7.80. The van der Waals surface area contributed by atoms with E-state index in [0.29, 0.717) is 6.54 Å². The molecular weight excluding hydrogens is 401 g/mol. The lowest BCUT2D eigenvalue weighted by Gasteiger charge is -2.34. The number of nitrogens with one attached hydrogen (secondary N) is 1. The summed E-state index contributed by atoms with van der Waals surface area (Å²) < 4.78 is 19.4. The van der Waals surface area contributed by atoms with Crippen molar-refractivity contribution in [2.45, 2.75) is 39.8 Å². The Kier molecular flexibility index (Phi) is 7.66. The molecule has 1 N–H and O–H groups in total. The molecule has 1 aromatic carbocycles. The first-order valence-corrected chi connectivity index (χ1v) is 11.1. The average molecular weight is 434 g/mol. The maximum Gasteiger partial charge on any atom is 0.232 e. The van der Waals surface area contributed by atoms with Crippen molar-refractivity contribution < 1.29 is 8.91 Å². The zero-order valence-electron chi connectivity index (χ0n) is 18.3. The summed E-state index contributed by atoms with van der Waals surface area (Å²) in [5, 5.41) is 8.42. The average Bonchev–Trinajstić information content (AvgIpc) is 3.16. The summed E-state index contributed by atoms with van der Waals surface area (Å²) in [6.45, 7) is 11.4. The molecule has 1 saturated heterocycles. The molecule has 1 aromatic heterocycles. The van der Waals surface area contributed by atoms with Crippen LogP contribution in [0.5, 0.6) is 0 Å². The number of piperazine rings is 1. The number of nitrogens with zero attached hydrogens (tertiary/aromatic N) is 4. The van der Waals surface area contributed by atoms with Crippen molar-refractivity contribution in [3.05, 3.63) is 35.6 Å². The maximum atomic E-state index is 13.5. The second-order valence-corrected chi connectivity index (χ2v) is 8.22. The number of anilines is 1. The van der Waals surface area contributed by atoms with Gasteiger partial charge < -0.3 is 24.5 Å². The predicted molar refractivity (Wildman–Crippen MR) is 123 cm³/mol. The largest absolute Gasteiger partial charge is 0.363 e. The van der Waals surface area contributed by atoms with Gasteiger partial charge in [0.25, 0.3) is 0 Å². The van der Waals surface area contributed by atoms with Crippen molar-refractivity contribution >= 4 is 23.2 Å². The van der Waals surface area contributed by atoms with Crippen LogP contribution in [-0.2, 0) is 6.54 Å². The summed E-state index contributed by atoms with van der Waals surface area (Å²) >= 11 is 5.68. The second-order valence-electron chi connectivity index (χ2n) is 7.83. The summed E-state index contributed by atoms with van der Waals surface area (Å²) in [5.74, 6) is 0.521. The van der Waals surface area contributed by atoms with Gasteiger partial charge in [0.05, 0.1) is 12.1 Å². The molecule has 3 rings (SSSR count). The van der Waals surface area contributed by atoms with E-state index < -0.39 is 0 Å². The molecular formula is C22H32FN5OS. The minimum atomic E-state index is -0.266. The molecule has 8 heteroatoms. The first kappa shape index (κ1) is 22.5. The molecule has 164 valence electrons. The molecule has 2 heterocycles. The van der Waals surface area contributed by atoms with E-state index in [0.717, 1.165) is 67.0 Å². The Balaban J connectivity index is 2.00. The van der Waals surface area contributed by atoms with E-state index in [1.165, 1.54) is 12.1 Å². The van der Waals surface area contributed by atoms with E-state index in [2.05, 4.69) is 46.1 Å². The van der Waals surface area contributed by atoms with Crippen molar-refractivity contribution in [2.75, 3.05) is 44.7 Å². The lowest BCUT2D eigenvalue weighted by Crippen LogP contribution is -2.46. The number of halogens is 1. The normalized spacial score (nSPS) is 15.8. The lowest BCUT2D eigenvalue weighted by atomic mass is 10.1. The van der Waals surface area contributed by atoms with Gasteiger partial charge in [-0.15, -0.1) is 0 Å². The molecule has 0 bridgehead atoms. The fourth-order valence-corrected chi connectivity index (χ4v) is 4.00. The van der Waals surface area contributed by atoms with Crippen LogP contribution in [0.3, 0.4) is 0 Å². The lowest BCUT2D eigenvalue weighted by molar-refractivity contribution is 0.294. The smallest absolute Gasteiger partial charge is 0.232 e. The zero-order chi connectivity index (χ0) is 21.7. The molecule has 1 atom stereocenters. The molecule has 0 amide bonds. The van der Waals surface area contributed by atoms with Crippen molar-refractivity contribution in [1.82, 2.24) is 20.3 Å². The Morgan fingerprint density at radius 3 is 2.50 bits per heavy atom. The van der Waals surface area contributed by atoms with Crippen LogP contribution in [0.2, 0.25) is 0 Å². The van der Waals surface area contributed by atoms with Gasteiger partial charge in [0.15, 0.2) is 5.11 Å². The van der Waals surface area contributed by atoms with Crippen LogP contribution in [0.15, 0.2) is 28.8 Å². The number of likely N-dealkylation sites (N-methyl/N-ethyl adjacent to an activating group) is 1. The number of hydrogen-bond donors (Lipinski definition) is 1. The van der Waals surface area contributed by atoms with E-state index in [1.807, 2.05) is 6.92 Å².